The highest BCUT2D eigenvalue weighted by Gasteiger charge is 2.15. The van der Waals surface area contributed by atoms with E-state index < -0.39 is 4.92 Å². The van der Waals surface area contributed by atoms with Gasteiger partial charge < -0.3 is 9.47 Å². The fourth-order valence-electron chi connectivity index (χ4n) is 1.28. The summed E-state index contributed by atoms with van der Waals surface area (Å²) < 4.78 is 10.6. The van der Waals surface area contributed by atoms with Crippen molar-refractivity contribution in [1.29, 1.82) is 0 Å². The topological polar surface area (TPSA) is 61.6 Å². The Morgan fingerprint density at radius 1 is 1.39 bits per heavy atom. The summed E-state index contributed by atoms with van der Waals surface area (Å²) in [6.07, 6.45) is 0. The van der Waals surface area contributed by atoms with Crippen molar-refractivity contribution >= 4 is 17.3 Å². The molecule has 0 fully saturated rings. The molecule has 1 rings (SSSR count). The number of ether oxygens (including phenoxy) is 2. The van der Waals surface area contributed by atoms with E-state index in [9.17, 15) is 10.1 Å². The lowest BCUT2D eigenvalue weighted by atomic mass is 10.2. The van der Waals surface area contributed by atoms with Crippen LogP contribution in [-0.4, -0.2) is 24.7 Å². The summed E-state index contributed by atoms with van der Waals surface area (Å²) in [7, 11) is 0. The molecule has 0 bridgehead atoms. The number of benzene rings is 1. The van der Waals surface area contributed by atoms with Crippen LogP contribution >= 0.6 is 11.6 Å². The monoisotopic (exact) mass is 273 g/mol. The standard InChI is InChI=1S/C12H16ClNO4/c1-9(2)8-17-5-6-18-12-7-10(13)3-4-11(12)14(15)16/h3-4,7,9H,5-6,8H2,1-2H3. The van der Waals surface area contributed by atoms with E-state index in [1.54, 1.807) is 0 Å². The molecule has 0 aliphatic heterocycles. The third kappa shape index (κ3) is 4.89. The van der Waals surface area contributed by atoms with Gasteiger partial charge in [0, 0.05) is 23.8 Å². The first-order valence-electron chi connectivity index (χ1n) is 5.65. The van der Waals surface area contributed by atoms with Crippen LogP contribution in [0, 0.1) is 16.0 Å². The van der Waals surface area contributed by atoms with Crippen molar-refractivity contribution < 1.29 is 14.4 Å². The number of hydrogen-bond acceptors (Lipinski definition) is 4. The highest BCUT2D eigenvalue weighted by Crippen LogP contribution is 2.29. The van der Waals surface area contributed by atoms with Gasteiger partial charge in [0.25, 0.3) is 0 Å². The van der Waals surface area contributed by atoms with Gasteiger partial charge in [-0.05, 0) is 12.0 Å². The lowest BCUT2D eigenvalue weighted by molar-refractivity contribution is -0.385. The van der Waals surface area contributed by atoms with Crippen LogP contribution in [0.3, 0.4) is 0 Å². The van der Waals surface area contributed by atoms with Crippen LogP contribution in [-0.2, 0) is 4.74 Å². The first-order valence-corrected chi connectivity index (χ1v) is 6.03. The molecule has 0 saturated heterocycles. The summed E-state index contributed by atoms with van der Waals surface area (Å²) in [6, 6.07) is 4.22. The molecular formula is C12H16ClNO4. The molecule has 1 aromatic rings. The molecule has 0 atom stereocenters. The van der Waals surface area contributed by atoms with Gasteiger partial charge in [0.15, 0.2) is 5.75 Å². The maximum Gasteiger partial charge on any atom is 0.311 e. The highest BCUT2D eigenvalue weighted by atomic mass is 35.5. The largest absolute Gasteiger partial charge is 0.484 e. The van der Waals surface area contributed by atoms with Gasteiger partial charge in [0.2, 0.25) is 0 Å². The summed E-state index contributed by atoms with van der Waals surface area (Å²) in [5, 5.41) is 11.2. The zero-order chi connectivity index (χ0) is 13.5. The maximum absolute atomic E-state index is 10.8. The fraction of sp³-hybridized carbons (Fsp3) is 0.500. The average Bonchev–Trinajstić information content (AvgIpc) is 2.27. The summed E-state index contributed by atoms with van der Waals surface area (Å²) in [6.45, 7) is 5.38. The van der Waals surface area contributed by atoms with Crippen LogP contribution in [0.5, 0.6) is 5.75 Å². The number of nitro groups is 1. The molecule has 0 aliphatic rings. The van der Waals surface area contributed by atoms with E-state index in [-0.39, 0.29) is 18.0 Å². The second-order valence-electron chi connectivity index (χ2n) is 4.19. The van der Waals surface area contributed by atoms with Crippen molar-refractivity contribution in [1.82, 2.24) is 0 Å². The Hall–Kier alpha value is -1.33. The molecule has 1 aromatic carbocycles. The Balaban J connectivity index is 2.50. The molecule has 0 aliphatic carbocycles. The van der Waals surface area contributed by atoms with Crippen LogP contribution in [0.1, 0.15) is 13.8 Å². The number of nitrogens with zero attached hydrogens (tertiary/aromatic N) is 1. The van der Waals surface area contributed by atoms with E-state index >= 15 is 0 Å². The predicted molar refractivity (Wildman–Crippen MR) is 69.3 cm³/mol. The molecule has 0 aromatic heterocycles. The Morgan fingerprint density at radius 3 is 2.72 bits per heavy atom. The predicted octanol–water partition coefficient (Wildman–Crippen LogP) is 3.30. The zero-order valence-electron chi connectivity index (χ0n) is 10.4. The molecule has 5 nitrogen and oxygen atoms in total. The summed E-state index contributed by atoms with van der Waals surface area (Å²) >= 11 is 5.77. The Kier molecular flexibility index (Phi) is 5.88. The lowest BCUT2D eigenvalue weighted by Crippen LogP contribution is -2.10. The number of rotatable bonds is 7. The zero-order valence-corrected chi connectivity index (χ0v) is 11.1. The van der Waals surface area contributed by atoms with Crippen molar-refractivity contribution in [2.75, 3.05) is 19.8 Å². The molecule has 100 valence electrons. The molecule has 0 radical (unpaired) electrons. The third-order valence-corrected chi connectivity index (χ3v) is 2.29. The molecule has 0 spiro atoms. The van der Waals surface area contributed by atoms with Crippen molar-refractivity contribution in [3.63, 3.8) is 0 Å². The van der Waals surface area contributed by atoms with Gasteiger partial charge in [-0.1, -0.05) is 25.4 Å². The van der Waals surface area contributed by atoms with Gasteiger partial charge in [-0.25, -0.2) is 0 Å². The smallest absolute Gasteiger partial charge is 0.311 e. The molecule has 18 heavy (non-hydrogen) atoms. The van der Waals surface area contributed by atoms with E-state index in [0.29, 0.717) is 24.2 Å². The summed E-state index contributed by atoms with van der Waals surface area (Å²) in [5.41, 5.74) is -0.0942. The Bertz CT molecular complexity index is 409. The summed E-state index contributed by atoms with van der Waals surface area (Å²) in [5.74, 6) is 0.617. The second kappa shape index (κ2) is 7.18. The van der Waals surface area contributed by atoms with E-state index in [0.717, 1.165) is 0 Å². The Labute approximate surface area is 111 Å². The molecule has 0 amide bonds. The normalized spacial score (nSPS) is 10.7. The van der Waals surface area contributed by atoms with E-state index in [4.69, 9.17) is 21.1 Å². The molecular weight excluding hydrogens is 258 g/mol. The quantitative estimate of drug-likeness (QED) is 0.434. The minimum Gasteiger partial charge on any atom is -0.484 e. The van der Waals surface area contributed by atoms with Gasteiger partial charge in [-0.3, -0.25) is 10.1 Å². The van der Waals surface area contributed by atoms with Crippen LogP contribution in [0.15, 0.2) is 18.2 Å². The van der Waals surface area contributed by atoms with Gasteiger partial charge in [0.05, 0.1) is 11.5 Å². The average molecular weight is 274 g/mol. The number of hydrogen-bond donors (Lipinski definition) is 0. The maximum atomic E-state index is 10.8. The Morgan fingerprint density at radius 2 is 2.11 bits per heavy atom. The van der Waals surface area contributed by atoms with Crippen molar-refractivity contribution in [3.8, 4) is 5.75 Å². The SMILES string of the molecule is CC(C)COCCOc1cc(Cl)ccc1[N+](=O)[O-]. The van der Waals surface area contributed by atoms with Crippen LogP contribution in [0.2, 0.25) is 5.02 Å². The molecule has 0 N–H and O–H groups in total. The highest BCUT2D eigenvalue weighted by molar-refractivity contribution is 6.30. The van der Waals surface area contributed by atoms with Crippen molar-refractivity contribution in [2.45, 2.75) is 13.8 Å². The van der Waals surface area contributed by atoms with Crippen LogP contribution < -0.4 is 4.74 Å². The first-order chi connectivity index (χ1) is 8.50. The lowest BCUT2D eigenvalue weighted by Gasteiger charge is -2.09. The van der Waals surface area contributed by atoms with Crippen LogP contribution in [0.4, 0.5) is 5.69 Å². The minimum absolute atomic E-state index is 0.0942. The molecule has 6 heteroatoms. The second-order valence-corrected chi connectivity index (χ2v) is 4.62. The van der Waals surface area contributed by atoms with Gasteiger partial charge in [-0.15, -0.1) is 0 Å². The van der Waals surface area contributed by atoms with E-state index in [1.165, 1.54) is 18.2 Å². The van der Waals surface area contributed by atoms with Crippen LogP contribution in [0.25, 0.3) is 0 Å². The van der Waals surface area contributed by atoms with Crippen molar-refractivity contribution in [3.05, 3.63) is 33.3 Å². The fourth-order valence-corrected chi connectivity index (χ4v) is 1.45. The van der Waals surface area contributed by atoms with E-state index in [1.807, 2.05) is 13.8 Å². The number of halogens is 1. The molecule has 0 saturated carbocycles. The van der Waals surface area contributed by atoms with Gasteiger partial charge in [-0.2, -0.15) is 0 Å². The first kappa shape index (κ1) is 14.7. The third-order valence-electron chi connectivity index (χ3n) is 2.05. The van der Waals surface area contributed by atoms with Gasteiger partial charge >= 0.3 is 5.69 Å². The van der Waals surface area contributed by atoms with Gasteiger partial charge in [0.1, 0.15) is 6.61 Å². The summed E-state index contributed by atoms with van der Waals surface area (Å²) in [4.78, 5) is 10.3. The molecule has 0 heterocycles. The number of nitro benzene ring substituents is 1. The van der Waals surface area contributed by atoms with Crippen molar-refractivity contribution in [2.24, 2.45) is 5.92 Å². The van der Waals surface area contributed by atoms with E-state index in [2.05, 4.69) is 0 Å². The minimum atomic E-state index is -0.499. The molecule has 0 unspecified atom stereocenters.